The van der Waals surface area contributed by atoms with Crippen molar-refractivity contribution in [2.75, 3.05) is 13.2 Å². The Labute approximate surface area is 118 Å². The fourth-order valence-electron chi connectivity index (χ4n) is 2.57. The van der Waals surface area contributed by atoms with E-state index in [1.54, 1.807) is 6.20 Å². The molecule has 2 N–H and O–H groups in total. The summed E-state index contributed by atoms with van der Waals surface area (Å²) >= 11 is 0. The molecule has 0 bridgehead atoms. The summed E-state index contributed by atoms with van der Waals surface area (Å²) in [7, 11) is 0. The Morgan fingerprint density at radius 2 is 2.05 bits per heavy atom. The normalized spacial score (nSPS) is 21.1. The Morgan fingerprint density at radius 3 is 2.85 bits per heavy atom. The third-order valence-electron chi connectivity index (χ3n) is 3.64. The highest BCUT2D eigenvalue weighted by molar-refractivity contribution is 5.38. The van der Waals surface area contributed by atoms with Gasteiger partial charge in [0.2, 0.25) is 0 Å². The molecule has 0 spiro atoms. The van der Waals surface area contributed by atoms with Crippen molar-refractivity contribution in [3.05, 3.63) is 59.9 Å². The van der Waals surface area contributed by atoms with Crippen molar-refractivity contribution in [1.82, 2.24) is 10.3 Å². The Kier molecular flexibility index (Phi) is 3.95. The van der Waals surface area contributed by atoms with Gasteiger partial charge in [0.25, 0.3) is 0 Å². The molecule has 3 rings (SSSR count). The number of hydrogen-bond acceptors (Lipinski definition) is 4. The molecule has 0 saturated heterocycles. The quantitative estimate of drug-likeness (QED) is 0.891. The average Bonchev–Trinajstić information content (AvgIpc) is 2.53. The van der Waals surface area contributed by atoms with Crippen LogP contribution in [-0.2, 0) is 6.54 Å². The second kappa shape index (κ2) is 6.03. The van der Waals surface area contributed by atoms with Crippen LogP contribution in [0.1, 0.15) is 17.3 Å². The first-order valence-corrected chi connectivity index (χ1v) is 6.84. The molecular weight excluding hydrogens is 252 g/mol. The van der Waals surface area contributed by atoms with Gasteiger partial charge in [-0.15, -0.1) is 0 Å². The fraction of sp³-hybridized carbons (Fsp3) is 0.312. The SMILES string of the molecule is OC[C@@H]1COc2ccccc2[C@@H]1NCc1ccccn1. The van der Waals surface area contributed by atoms with Crippen molar-refractivity contribution in [2.24, 2.45) is 5.92 Å². The molecule has 0 amide bonds. The maximum absolute atomic E-state index is 9.55. The minimum atomic E-state index is 0.0635. The number of rotatable bonds is 4. The van der Waals surface area contributed by atoms with Crippen LogP contribution in [0.4, 0.5) is 0 Å². The monoisotopic (exact) mass is 270 g/mol. The van der Waals surface area contributed by atoms with Gasteiger partial charge >= 0.3 is 0 Å². The highest BCUT2D eigenvalue weighted by Gasteiger charge is 2.29. The zero-order chi connectivity index (χ0) is 13.8. The fourth-order valence-corrected chi connectivity index (χ4v) is 2.57. The zero-order valence-corrected chi connectivity index (χ0v) is 11.2. The first-order chi connectivity index (χ1) is 9.88. The van der Waals surface area contributed by atoms with Gasteiger partial charge in [0.05, 0.1) is 18.9 Å². The van der Waals surface area contributed by atoms with Gasteiger partial charge in [0.15, 0.2) is 0 Å². The van der Waals surface area contributed by atoms with Gasteiger partial charge in [0.1, 0.15) is 5.75 Å². The Balaban J connectivity index is 1.79. The summed E-state index contributed by atoms with van der Waals surface area (Å²) in [6.07, 6.45) is 1.79. The predicted molar refractivity (Wildman–Crippen MR) is 76.3 cm³/mol. The molecule has 1 aromatic carbocycles. The molecule has 1 aromatic heterocycles. The third-order valence-corrected chi connectivity index (χ3v) is 3.64. The molecule has 0 aliphatic carbocycles. The van der Waals surface area contributed by atoms with Crippen LogP contribution in [0.15, 0.2) is 48.7 Å². The van der Waals surface area contributed by atoms with Crippen LogP contribution in [-0.4, -0.2) is 23.3 Å². The molecule has 4 nitrogen and oxygen atoms in total. The van der Waals surface area contributed by atoms with E-state index in [2.05, 4.69) is 10.3 Å². The first kappa shape index (κ1) is 13.1. The number of benzene rings is 1. The summed E-state index contributed by atoms with van der Waals surface area (Å²) in [5.41, 5.74) is 2.10. The number of nitrogens with one attached hydrogen (secondary N) is 1. The number of ether oxygens (including phenoxy) is 1. The van der Waals surface area contributed by atoms with E-state index >= 15 is 0 Å². The van der Waals surface area contributed by atoms with Gasteiger partial charge in [-0.1, -0.05) is 24.3 Å². The van der Waals surface area contributed by atoms with E-state index < -0.39 is 0 Å². The smallest absolute Gasteiger partial charge is 0.124 e. The molecule has 1 aliphatic rings. The van der Waals surface area contributed by atoms with Gasteiger partial charge < -0.3 is 15.2 Å². The number of aliphatic hydroxyl groups excluding tert-OH is 1. The number of aliphatic hydroxyl groups is 1. The molecular formula is C16H18N2O2. The van der Waals surface area contributed by atoms with Crippen LogP contribution >= 0.6 is 0 Å². The summed E-state index contributed by atoms with van der Waals surface area (Å²) in [6, 6.07) is 13.9. The molecule has 0 fully saturated rings. The standard InChI is InChI=1S/C16H18N2O2/c19-10-12-11-20-15-7-2-1-6-14(15)16(12)18-9-13-5-3-4-8-17-13/h1-8,12,16,18-19H,9-11H2/t12-,16-/m1/s1. The number of hydrogen-bond donors (Lipinski definition) is 2. The van der Waals surface area contributed by atoms with Crippen molar-refractivity contribution in [3.63, 3.8) is 0 Å². The van der Waals surface area contributed by atoms with Crippen LogP contribution in [0, 0.1) is 5.92 Å². The van der Waals surface area contributed by atoms with Crippen LogP contribution in [0.2, 0.25) is 0 Å². The second-order valence-corrected chi connectivity index (χ2v) is 4.97. The molecule has 2 atom stereocenters. The number of nitrogens with zero attached hydrogens (tertiary/aromatic N) is 1. The van der Waals surface area contributed by atoms with Gasteiger partial charge in [-0.2, -0.15) is 0 Å². The van der Waals surface area contributed by atoms with E-state index in [-0.39, 0.29) is 18.6 Å². The lowest BCUT2D eigenvalue weighted by Gasteiger charge is -2.33. The molecule has 0 unspecified atom stereocenters. The van der Waals surface area contributed by atoms with E-state index in [1.807, 2.05) is 42.5 Å². The summed E-state index contributed by atoms with van der Waals surface area (Å²) in [6.45, 7) is 1.32. The maximum Gasteiger partial charge on any atom is 0.124 e. The molecule has 104 valence electrons. The lowest BCUT2D eigenvalue weighted by atomic mass is 9.91. The minimum Gasteiger partial charge on any atom is -0.493 e. The van der Waals surface area contributed by atoms with Crippen LogP contribution < -0.4 is 10.1 Å². The first-order valence-electron chi connectivity index (χ1n) is 6.84. The Bertz CT molecular complexity index is 559. The number of fused-ring (bicyclic) bond motifs is 1. The lowest BCUT2D eigenvalue weighted by Crippen LogP contribution is -2.37. The number of aromatic nitrogens is 1. The highest BCUT2D eigenvalue weighted by atomic mass is 16.5. The van der Waals surface area contributed by atoms with Crippen molar-refractivity contribution in [1.29, 1.82) is 0 Å². The molecule has 0 saturated carbocycles. The van der Waals surface area contributed by atoms with E-state index in [4.69, 9.17) is 4.74 Å². The van der Waals surface area contributed by atoms with E-state index in [9.17, 15) is 5.11 Å². The lowest BCUT2D eigenvalue weighted by molar-refractivity contribution is 0.110. The predicted octanol–water partition coefficient (Wildman–Crippen LogP) is 1.91. The van der Waals surface area contributed by atoms with Crippen LogP contribution in [0.3, 0.4) is 0 Å². The van der Waals surface area contributed by atoms with E-state index in [1.165, 1.54) is 0 Å². The molecule has 2 heterocycles. The number of para-hydroxylation sites is 1. The van der Waals surface area contributed by atoms with E-state index in [0.29, 0.717) is 13.2 Å². The van der Waals surface area contributed by atoms with Gasteiger partial charge in [-0.05, 0) is 18.2 Å². The summed E-state index contributed by atoms with van der Waals surface area (Å²) < 4.78 is 5.69. The van der Waals surface area contributed by atoms with Gasteiger partial charge in [-0.3, -0.25) is 4.98 Å². The zero-order valence-electron chi connectivity index (χ0n) is 11.2. The molecule has 20 heavy (non-hydrogen) atoms. The second-order valence-electron chi connectivity index (χ2n) is 4.97. The maximum atomic E-state index is 9.55. The number of pyridine rings is 1. The summed E-state index contributed by atoms with van der Waals surface area (Å²) in [5.74, 6) is 0.962. The Morgan fingerprint density at radius 1 is 1.20 bits per heavy atom. The average molecular weight is 270 g/mol. The van der Waals surface area contributed by atoms with E-state index in [0.717, 1.165) is 17.0 Å². The Hall–Kier alpha value is -1.91. The highest BCUT2D eigenvalue weighted by Crippen LogP contribution is 2.35. The van der Waals surface area contributed by atoms with Crippen molar-refractivity contribution < 1.29 is 9.84 Å². The largest absolute Gasteiger partial charge is 0.493 e. The topological polar surface area (TPSA) is 54.4 Å². The van der Waals surface area contributed by atoms with Crippen molar-refractivity contribution in [3.8, 4) is 5.75 Å². The molecule has 1 aliphatic heterocycles. The van der Waals surface area contributed by atoms with Gasteiger partial charge in [-0.25, -0.2) is 0 Å². The summed E-state index contributed by atoms with van der Waals surface area (Å²) in [5, 5.41) is 13.0. The minimum absolute atomic E-state index is 0.0635. The molecule has 4 heteroatoms. The van der Waals surface area contributed by atoms with Crippen LogP contribution in [0.25, 0.3) is 0 Å². The summed E-state index contributed by atoms with van der Waals surface area (Å²) in [4.78, 5) is 4.31. The van der Waals surface area contributed by atoms with Crippen molar-refractivity contribution in [2.45, 2.75) is 12.6 Å². The third kappa shape index (κ3) is 2.66. The van der Waals surface area contributed by atoms with Crippen LogP contribution in [0.5, 0.6) is 5.75 Å². The van der Waals surface area contributed by atoms with Gasteiger partial charge in [0, 0.05) is 30.3 Å². The molecule has 2 aromatic rings. The van der Waals surface area contributed by atoms with Crippen molar-refractivity contribution >= 4 is 0 Å². The molecule has 0 radical (unpaired) electrons.